The zero-order chi connectivity index (χ0) is 13.3. The number of anilines is 1. The van der Waals surface area contributed by atoms with Crippen LogP contribution in [0.3, 0.4) is 0 Å². The number of ether oxygens (including phenoxy) is 2. The van der Waals surface area contributed by atoms with E-state index in [1.165, 1.54) is 0 Å². The number of aromatic nitrogens is 1. The Morgan fingerprint density at radius 3 is 2.61 bits per heavy atom. The van der Waals surface area contributed by atoms with Crippen LogP contribution in [0.1, 0.15) is 32.3 Å². The van der Waals surface area contributed by atoms with Crippen molar-refractivity contribution < 1.29 is 9.47 Å². The second-order valence-electron chi connectivity index (χ2n) is 4.93. The lowest BCUT2D eigenvalue weighted by atomic mass is 10.0. The molecule has 0 bridgehead atoms. The van der Waals surface area contributed by atoms with Crippen LogP contribution >= 0.6 is 15.9 Å². The zero-order valence-corrected chi connectivity index (χ0v) is 12.5. The minimum atomic E-state index is 0.149. The Morgan fingerprint density at radius 2 is 2.00 bits per heavy atom. The van der Waals surface area contributed by atoms with Crippen molar-refractivity contribution in [2.75, 3.05) is 5.73 Å². The number of hydrogen-bond acceptors (Lipinski definition) is 4. The standard InChI is InChI=1S/C13H19BrN2O2/c1-7-4-10(5-8(2)17-7)18-13-12(14)9(3)11(15)6-16-13/h6-8,10H,4-5,15H2,1-3H3. The van der Waals surface area contributed by atoms with Crippen molar-refractivity contribution in [3.8, 4) is 5.88 Å². The van der Waals surface area contributed by atoms with E-state index in [0.29, 0.717) is 11.6 Å². The molecule has 0 spiro atoms. The minimum absolute atomic E-state index is 0.149. The second kappa shape index (κ2) is 5.45. The lowest BCUT2D eigenvalue weighted by Crippen LogP contribution is -2.36. The number of nitrogens with two attached hydrogens (primary N) is 1. The maximum Gasteiger partial charge on any atom is 0.228 e. The quantitative estimate of drug-likeness (QED) is 0.911. The van der Waals surface area contributed by atoms with Gasteiger partial charge in [-0.2, -0.15) is 0 Å². The van der Waals surface area contributed by atoms with Crippen LogP contribution in [-0.2, 0) is 4.74 Å². The predicted molar refractivity (Wildman–Crippen MR) is 74.7 cm³/mol. The summed E-state index contributed by atoms with van der Waals surface area (Å²) in [5.74, 6) is 0.619. The molecule has 0 aliphatic carbocycles. The first-order valence-corrected chi connectivity index (χ1v) is 6.99. The van der Waals surface area contributed by atoms with Crippen molar-refractivity contribution in [2.24, 2.45) is 0 Å². The number of pyridine rings is 1. The Labute approximate surface area is 116 Å². The van der Waals surface area contributed by atoms with Gasteiger partial charge in [-0.05, 0) is 42.3 Å². The summed E-state index contributed by atoms with van der Waals surface area (Å²) in [6, 6.07) is 0. The van der Waals surface area contributed by atoms with Crippen LogP contribution < -0.4 is 10.5 Å². The average molecular weight is 315 g/mol. The highest BCUT2D eigenvalue weighted by molar-refractivity contribution is 9.10. The van der Waals surface area contributed by atoms with E-state index in [9.17, 15) is 0 Å². The van der Waals surface area contributed by atoms with Gasteiger partial charge < -0.3 is 15.2 Å². The Bertz CT molecular complexity index is 429. The molecule has 1 fully saturated rings. The molecule has 0 radical (unpaired) electrons. The van der Waals surface area contributed by atoms with Gasteiger partial charge in [0, 0.05) is 12.8 Å². The second-order valence-corrected chi connectivity index (χ2v) is 5.72. The minimum Gasteiger partial charge on any atom is -0.473 e. The SMILES string of the molecule is Cc1c(N)cnc(OC2CC(C)OC(C)C2)c1Br. The van der Waals surface area contributed by atoms with E-state index in [1.54, 1.807) is 6.20 Å². The van der Waals surface area contributed by atoms with Crippen molar-refractivity contribution in [2.45, 2.75) is 51.9 Å². The summed E-state index contributed by atoms with van der Waals surface area (Å²) in [5, 5.41) is 0. The Kier molecular flexibility index (Phi) is 4.12. The molecule has 1 saturated heterocycles. The lowest BCUT2D eigenvalue weighted by Gasteiger charge is -2.32. The fraction of sp³-hybridized carbons (Fsp3) is 0.615. The van der Waals surface area contributed by atoms with Crippen molar-refractivity contribution in [1.82, 2.24) is 4.98 Å². The molecule has 1 aliphatic rings. The van der Waals surface area contributed by atoms with Crippen molar-refractivity contribution >= 4 is 21.6 Å². The van der Waals surface area contributed by atoms with Crippen LogP contribution in [0.25, 0.3) is 0 Å². The summed E-state index contributed by atoms with van der Waals surface area (Å²) in [6.07, 6.45) is 4.03. The molecule has 2 unspecified atom stereocenters. The molecule has 2 rings (SSSR count). The number of hydrogen-bond donors (Lipinski definition) is 1. The highest BCUT2D eigenvalue weighted by atomic mass is 79.9. The molecule has 100 valence electrons. The number of halogens is 1. The fourth-order valence-electron chi connectivity index (χ4n) is 2.25. The summed E-state index contributed by atoms with van der Waals surface area (Å²) >= 11 is 3.49. The van der Waals surface area contributed by atoms with E-state index in [2.05, 4.69) is 34.8 Å². The van der Waals surface area contributed by atoms with Crippen LogP contribution in [0, 0.1) is 6.92 Å². The molecule has 18 heavy (non-hydrogen) atoms. The van der Waals surface area contributed by atoms with Crippen LogP contribution in [0.2, 0.25) is 0 Å². The normalized spacial score (nSPS) is 28.1. The molecule has 1 aromatic heterocycles. The third kappa shape index (κ3) is 2.95. The summed E-state index contributed by atoms with van der Waals surface area (Å²) in [5.41, 5.74) is 7.43. The number of nitrogen functional groups attached to an aromatic ring is 1. The smallest absolute Gasteiger partial charge is 0.228 e. The average Bonchev–Trinajstić information content (AvgIpc) is 2.29. The van der Waals surface area contributed by atoms with Gasteiger partial charge in [-0.1, -0.05) is 0 Å². The first-order valence-electron chi connectivity index (χ1n) is 6.20. The Hall–Kier alpha value is -0.810. The molecule has 0 saturated carbocycles. The maximum absolute atomic E-state index is 5.97. The van der Waals surface area contributed by atoms with E-state index >= 15 is 0 Å². The summed E-state index contributed by atoms with van der Waals surface area (Å²) in [4.78, 5) is 4.25. The third-order valence-corrected chi connectivity index (χ3v) is 4.14. The molecular weight excluding hydrogens is 296 g/mol. The van der Waals surface area contributed by atoms with Gasteiger partial charge in [-0.15, -0.1) is 0 Å². The first-order chi connectivity index (χ1) is 8.47. The lowest BCUT2D eigenvalue weighted by molar-refractivity contribution is -0.0731. The Morgan fingerprint density at radius 1 is 1.39 bits per heavy atom. The molecular formula is C13H19BrN2O2. The molecule has 0 amide bonds. The molecule has 4 nitrogen and oxygen atoms in total. The van der Waals surface area contributed by atoms with E-state index in [-0.39, 0.29) is 18.3 Å². The van der Waals surface area contributed by atoms with Crippen LogP contribution in [0.5, 0.6) is 5.88 Å². The van der Waals surface area contributed by atoms with Crippen molar-refractivity contribution in [1.29, 1.82) is 0 Å². The highest BCUT2D eigenvalue weighted by Gasteiger charge is 2.26. The van der Waals surface area contributed by atoms with E-state index in [1.807, 2.05) is 6.92 Å². The van der Waals surface area contributed by atoms with Gasteiger partial charge in [-0.3, -0.25) is 0 Å². The van der Waals surface area contributed by atoms with E-state index in [0.717, 1.165) is 22.9 Å². The molecule has 2 heterocycles. The van der Waals surface area contributed by atoms with Gasteiger partial charge in [0.2, 0.25) is 5.88 Å². The van der Waals surface area contributed by atoms with Gasteiger partial charge in [0.15, 0.2) is 0 Å². The van der Waals surface area contributed by atoms with Crippen molar-refractivity contribution in [3.63, 3.8) is 0 Å². The first kappa shape index (κ1) is 13.6. The van der Waals surface area contributed by atoms with Gasteiger partial charge in [0.25, 0.3) is 0 Å². The molecule has 1 aromatic rings. The summed E-state index contributed by atoms with van der Waals surface area (Å²) < 4.78 is 12.5. The number of rotatable bonds is 2. The number of nitrogens with zero attached hydrogens (tertiary/aromatic N) is 1. The largest absolute Gasteiger partial charge is 0.473 e. The van der Waals surface area contributed by atoms with Crippen molar-refractivity contribution in [3.05, 3.63) is 16.2 Å². The maximum atomic E-state index is 5.97. The molecule has 5 heteroatoms. The van der Waals surface area contributed by atoms with Gasteiger partial charge in [-0.25, -0.2) is 4.98 Å². The fourth-order valence-corrected chi connectivity index (χ4v) is 2.67. The van der Waals surface area contributed by atoms with Crippen LogP contribution in [0.15, 0.2) is 10.7 Å². The Balaban J connectivity index is 2.12. The predicted octanol–water partition coefficient (Wildman–Crippen LogP) is 3.07. The topological polar surface area (TPSA) is 57.4 Å². The van der Waals surface area contributed by atoms with Gasteiger partial charge >= 0.3 is 0 Å². The highest BCUT2D eigenvalue weighted by Crippen LogP contribution is 2.32. The third-order valence-electron chi connectivity index (χ3n) is 3.20. The van der Waals surface area contributed by atoms with Gasteiger partial charge in [0.1, 0.15) is 6.10 Å². The van der Waals surface area contributed by atoms with E-state index < -0.39 is 0 Å². The molecule has 1 aliphatic heterocycles. The molecule has 2 atom stereocenters. The zero-order valence-electron chi connectivity index (χ0n) is 10.9. The summed E-state index contributed by atoms with van der Waals surface area (Å²) in [6.45, 7) is 6.09. The molecule has 0 aromatic carbocycles. The summed E-state index contributed by atoms with van der Waals surface area (Å²) in [7, 11) is 0. The monoisotopic (exact) mass is 314 g/mol. The molecule has 2 N–H and O–H groups in total. The van der Waals surface area contributed by atoms with Crippen LogP contribution in [-0.4, -0.2) is 23.3 Å². The van der Waals surface area contributed by atoms with Gasteiger partial charge in [0.05, 0.1) is 28.6 Å². The van der Waals surface area contributed by atoms with Crippen LogP contribution in [0.4, 0.5) is 5.69 Å². The van der Waals surface area contributed by atoms with E-state index in [4.69, 9.17) is 15.2 Å².